The largest absolute Gasteiger partial charge is 0.342 e. The van der Waals surface area contributed by atoms with Gasteiger partial charge in [-0.25, -0.2) is 9.67 Å². The quantitative estimate of drug-likeness (QED) is 0.637. The van der Waals surface area contributed by atoms with Gasteiger partial charge in [-0.3, -0.25) is 9.59 Å². The first-order chi connectivity index (χ1) is 13.1. The molecule has 1 aromatic carbocycles. The van der Waals surface area contributed by atoms with E-state index in [9.17, 15) is 9.59 Å². The second-order valence-electron chi connectivity index (χ2n) is 6.61. The Labute approximate surface area is 157 Å². The molecule has 0 aliphatic heterocycles. The Bertz CT molecular complexity index is 989. The van der Waals surface area contributed by atoms with Crippen molar-refractivity contribution >= 4 is 22.6 Å². The van der Waals surface area contributed by atoms with Crippen LogP contribution in [-0.2, 0) is 13.0 Å². The van der Waals surface area contributed by atoms with Gasteiger partial charge < -0.3 is 10.3 Å². The highest BCUT2D eigenvalue weighted by atomic mass is 16.2. The van der Waals surface area contributed by atoms with Crippen molar-refractivity contribution in [2.24, 2.45) is 0 Å². The number of unbranched alkanes of at least 4 members (excludes halogenated alkanes) is 2. The van der Waals surface area contributed by atoms with E-state index < -0.39 is 0 Å². The number of nitrogens with zero attached hydrogens (tertiary/aromatic N) is 3. The number of aromatic amines is 1. The molecule has 0 fully saturated rings. The Hall–Kier alpha value is -2.96. The van der Waals surface area contributed by atoms with Gasteiger partial charge in [0, 0.05) is 24.7 Å². The molecule has 0 saturated heterocycles. The molecule has 2 aromatic heterocycles. The van der Waals surface area contributed by atoms with Crippen LogP contribution in [0, 0.1) is 0 Å². The zero-order chi connectivity index (χ0) is 19.2. The molecule has 0 radical (unpaired) electrons. The number of nitrogens with one attached hydrogen (secondary N) is 2. The van der Waals surface area contributed by atoms with Gasteiger partial charge in [-0.2, -0.15) is 5.10 Å². The molecule has 1 amide bonds. The molecule has 142 valence electrons. The number of hydrogen-bond donors (Lipinski definition) is 2. The van der Waals surface area contributed by atoms with Crippen molar-refractivity contribution in [2.45, 2.75) is 52.5 Å². The average Bonchev–Trinajstić information content (AvgIpc) is 3.07. The molecule has 0 atom stereocenters. The van der Waals surface area contributed by atoms with Gasteiger partial charge in [0.05, 0.1) is 11.0 Å². The fourth-order valence-corrected chi connectivity index (χ4v) is 2.84. The van der Waals surface area contributed by atoms with Crippen LogP contribution in [0.15, 0.2) is 35.1 Å². The number of H-pyrrole nitrogens is 1. The standard InChI is InChI=1S/C20H25N5O2/c1-3-5-7-18-22-15-9-8-14(13-17(15)23-18)21-20(27)16-10-11-19(26)25(24-16)12-6-4-2/h8-11,13H,3-7,12H2,1-2H3,(H,21,27)(H,22,23). The summed E-state index contributed by atoms with van der Waals surface area (Å²) in [5, 5.41) is 7.02. The molecule has 0 spiro atoms. The highest BCUT2D eigenvalue weighted by Gasteiger charge is 2.11. The Balaban J connectivity index is 1.76. The third-order valence-corrected chi connectivity index (χ3v) is 4.38. The van der Waals surface area contributed by atoms with E-state index >= 15 is 0 Å². The minimum Gasteiger partial charge on any atom is -0.342 e. The molecule has 0 saturated carbocycles. The van der Waals surface area contributed by atoms with E-state index in [2.05, 4.69) is 27.3 Å². The summed E-state index contributed by atoms with van der Waals surface area (Å²) in [4.78, 5) is 32.2. The van der Waals surface area contributed by atoms with E-state index in [4.69, 9.17) is 0 Å². The maximum absolute atomic E-state index is 12.5. The predicted octanol–water partition coefficient (Wildman–Crippen LogP) is 3.51. The van der Waals surface area contributed by atoms with Crippen LogP contribution in [0.5, 0.6) is 0 Å². The fourth-order valence-electron chi connectivity index (χ4n) is 2.84. The van der Waals surface area contributed by atoms with Crippen LogP contribution >= 0.6 is 0 Å². The number of imidazole rings is 1. The summed E-state index contributed by atoms with van der Waals surface area (Å²) < 4.78 is 1.34. The van der Waals surface area contributed by atoms with Gasteiger partial charge in [0.2, 0.25) is 0 Å². The van der Waals surface area contributed by atoms with Crippen molar-refractivity contribution in [1.29, 1.82) is 0 Å². The number of hydrogen-bond acceptors (Lipinski definition) is 4. The third kappa shape index (κ3) is 4.61. The first kappa shape index (κ1) is 18.8. The Kier molecular flexibility index (Phi) is 6.01. The second-order valence-corrected chi connectivity index (χ2v) is 6.61. The van der Waals surface area contributed by atoms with Crippen molar-refractivity contribution in [3.05, 3.63) is 52.2 Å². The van der Waals surface area contributed by atoms with E-state index in [0.717, 1.165) is 49.0 Å². The van der Waals surface area contributed by atoms with Gasteiger partial charge >= 0.3 is 0 Å². The lowest BCUT2D eigenvalue weighted by Crippen LogP contribution is -2.26. The Morgan fingerprint density at radius 1 is 1.15 bits per heavy atom. The number of rotatable bonds is 8. The number of fused-ring (bicyclic) bond motifs is 1. The SMILES string of the molecule is CCCCc1nc2ccc(NC(=O)c3ccc(=O)n(CCCC)n3)cc2[nH]1. The number of anilines is 1. The molecule has 0 aliphatic carbocycles. The zero-order valence-electron chi connectivity index (χ0n) is 15.8. The van der Waals surface area contributed by atoms with Crippen LogP contribution in [0.3, 0.4) is 0 Å². The van der Waals surface area contributed by atoms with Crippen LogP contribution in [0.4, 0.5) is 5.69 Å². The minimum atomic E-state index is -0.342. The predicted molar refractivity (Wildman–Crippen MR) is 106 cm³/mol. The van der Waals surface area contributed by atoms with Gasteiger partial charge in [0.1, 0.15) is 11.5 Å². The molecule has 7 heteroatoms. The highest BCUT2D eigenvalue weighted by Crippen LogP contribution is 2.18. The second kappa shape index (κ2) is 8.62. The summed E-state index contributed by atoms with van der Waals surface area (Å²) >= 11 is 0. The molecule has 27 heavy (non-hydrogen) atoms. The maximum Gasteiger partial charge on any atom is 0.276 e. The van der Waals surface area contributed by atoms with Gasteiger partial charge in [-0.05, 0) is 37.1 Å². The van der Waals surface area contributed by atoms with E-state index in [1.165, 1.54) is 16.8 Å². The van der Waals surface area contributed by atoms with Gasteiger partial charge in [0.25, 0.3) is 11.5 Å². The normalized spacial score (nSPS) is 11.0. The molecule has 0 unspecified atom stereocenters. The summed E-state index contributed by atoms with van der Waals surface area (Å²) in [5.74, 6) is 0.616. The summed E-state index contributed by atoms with van der Waals surface area (Å²) in [7, 11) is 0. The lowest BCUT2D eigenvalue weighted by atomic mass is 10.2. The van der Waals surface area contributed by atoms with E-state index in [-0.39, 0.29) is 17.2 Å². The van der Waals surface area contributed by atoms with Crippen molar-refractivity contribution in [3.8, 4) is 0 Å². The number of aromatic nitrogens is 4. The van der Waals surface area contributed by atoms with Crippen LogP contribution in [0.25, 0.3) is 11.0 Å². The third-order valence-electron chi connectivity index (χ3n) is 4.38. The molecule has 2 heterocycles. The lowest BCUT2D eigenvalue weighted by Gasteiger charge is -2.07. The zero-order valence-corrected chi connectivity index (χ0v) is 15.8. The van der Waals surface area contributed by atoms with Gasteiger partial charge in [-0.15, -0.1) is 0 Å². The maximum atomic E-state index is 12.5. The van der Waals surface area contributed by atoms with E-state index in [1.807, 2.05) is 25.1 Å². The molecule has 0 bridgehead atoms. The Morgan fingerprint density at radius 3 is 2.74 bits per heavy atom. The van der Waals surface area contributed by atoms with E-state index in [1.54, 1.807) is 0 Å². The summed E-state index contributed by atoms with van der Waals surface area (Å²) in [6.45, 7) is 4.70. The number of benzene rings is 1. The van der Waals surface area contributed by atoms with Crippen molar-refractivity contribution in [2.75, 3.05) is 5.32 Å². The molecule has 3 rings (SSSR count). The average molecular weight is 367 g/mol. The van der Waals surface area contributed by atoms with Crippen molar-refractivity contribution in [3.63, 3.8) is 0 Å². The molecular weight excluding hydrogens is 342 g/mol. The lowest BCUT2D eigenvalue weighted by molar-refractivity contribution is 0.102. The van der Waals surface area contributed by atoms with Crippen LogP contribution in [-0.4, -0.2) is 25.7 Å². The molecular formula is C20H25N5O2. The molecule has 2 N–H and O–H groups in total. The molecule has 3 aromatic rings. The first-order valence-corrected chi connectivity index (χ1v) is 9.49. The monoisotopic (exact) mass is 367 g/mol. The summed E-state index contributed by atoms with van der Waals surface area (Å²) in [5.41, 5.74) is 2.45. The minimum absolute atomic E-state index is 0.196. The fraction of sp³-hybridized carbons (Fsp3) is 0.400. The molecule has 0 aliphatic rings. The first-order valence-electron chi connectivity index (χ1n) is 9.49. The number of carbonyl (C=O) groups is 1. The van der Waals surface area contributed by atoms with Crippen LogP contribution in [0.1, 0.15) is 55.8 Å². The van der Waals surface area contributed by atoms with Gasteiger partial charge in [-0.1, -0.05) is 26.7 Å². The van der Waals surface area contributed by atoms with Crippen LogP contribution < -0.4 is 10.9 Å². The number of carbonyl (C=O) groups excluding carboxylic acids is 1. The Morgan fingerprint density at radius 2 is 1.96 bits per heavy atom. The topological polar surface area (TPSA) is 92.7 Å². The summed E-state index contributed by atoms with van der Waals surface area (Å²) in [6.07, 6.45) is 4.91. The van der Waals surface area contributed by atoms with Gasteiger partial charge in [0.15, 0.2) is 0 Å². The van der Waals surface area contributed by atoms with E-state index in [0.29, 0.717) is 12.2 Å². The van der Waals surface area contributed by atoms with Crippen LogP contribution in [0.2, 0.25) is 0 Å². The number of amides is 1. The highest BCUT2D eigenvalue weighted by molar-refractivity contribution is 6.03. The van der Waals surface area contributed by atoms with Crippen molar-refractivity contribution in [1.82, 2.24) is 19.7 Å². The van der Waals surface area contributed by atoms with Crippen molar-refractivity contribution < 1.29 is 4.79 Å². The summed E-state index contributed by atoms with van der Waals surface area (Å²) in [6, 6.07) is 8.40. The number of aryl methyl sites for hydroxylation is 2. The molecule has 7 nitrogen and oxygen atoms in total. The smallest absolute Gasteiger partial charge is 0.276 e.